The van der Waals surface area contributed by atoms with E-state index in [1.165, 1.54) is 0 Å². The lowest BCUT2D eigenvalue weighted by atomic mass is 9.96. The van der Waals surface area contributed by atoms with Crippen LogP contribution in [0.5, 0.6) is 0 Å². The highest BCUT2D eigenvalue weighted by molar-refractivity contribution is 14.1. The molecule has 0 bridgehead atoms. The van der Waals surface area contributed by atoms with E-state index >= 15 is 0 Å². The van der Waals surface area contributed by atoms with Crippen LogP contribution in [0.4, 0.5) is 5.69 Å². The van der Waals surface area contributed by atoms with Crippen LogP contribution < -0.4 is 5.73 Å². The maximum Gasteiger partial charge on any atom is 0.0590 e. The summed E-state index contributed by atoms with van der Waals surface area (Å²) >= 11 is 2.28. The Labute approximate surface area is 97.2 Å². The van der Waals surface area contributed by atoms with Gasteiger partial charge in [-0.05, 0) is 41.5 Å². The van der Waals surface area contributed by atoms with Crippen molar-refractivity contribution in [1.82, 2.24) is 4.98 Å². The molecule has 1 fully saturated rings. The van der Waals surface area contributed by atoms with Gasteiger partial charge in [0, 0.05) is 31.0 Å². The molecule has 0 atom stereocenters. The molecule has 0 spiro atoms. The molecule has 1 aromatic rings. The van der Waals surface area contributed by atoms with Crippen LogP contribution in [0, 0.1) is 3.57 Å². The summed E-state index contributed by atoms with van der Waals surface area (Å²) in [6, 6.07) is 1.85. The second kappa shape index (κ2) is 4.44. The number of rotatable bonds is 1. The summed E-state index contributed by atoms with van der Waals surface area (Å²) in [6.45, 7) is 1.69. The molecule has 2 rings (SSSR count). The Kier molecular flexibility index (Phi) is 3.22. The molecule has 1 aromatic heterocycles. The zero-order chi connectivity index (χ0) is 9.97. The largest absolute Gasteiger partial charge is 0.398 e. The van der Waals surface area contributed by atoms with E-state index in [1.54, 1.807) is 6.20 Å². The molecular weight excluding hydrogens is 291 g/mol. The summed E-state index contributed by atoms with van der Waals surface area (Å²) in [5, 5.41) is 0. The highest BCUT2D eigenvalue weighted by Gasteiger charge is 2.20. The summed E-state index contributed by atoms with van der Waals surface area (Å²) in [7, 11) is 0. The number of nitrogens with zero attached hydrogens (tertiary/aromatic N) is 1. The Morgan fingerprint density at radius 2 is 2.14 bits per heavy atom. The minimum atomic E-state index is 0.527. The van der Waals surface area contributed by atoms with Gasteiger partial charge in [-0.15, -0.1) is 0 Å². The molecule has 0 aromatic carbocycles. The Bertz CT molecular complexity index is 324. The summed E-state index contributed by atoms with van der Waals surface area (Å²) < 4.78 is 6.44. The third-order valence-electron chi connectivity index (χ3n) is 2.55. The van der Waals surface area contributed by atoms with Crippen molar-refractivity contribution in [2.24, 2.45) is 0 Å². The molecule has 3 nitrogen and oxygen atoms in total. The molecule has 2 heterocycles. The minimum absolute atomic E-state index is 0.527. The van der Waals surface area contributed by atoms with Gasteiger partial charge in [0.2, 0.25) is 0 Å². The summed E-state index contributed by atoms with van der Waals surface area (Å²) in [5.41, 5.74) is 7.83. The van der Waals surface area contributed by atoms with Crippen LogP contribution in [0.1, 0.15) is 24.5 Å². The van der Waals surface area contributed by atoms with Gasteiger partial charge >= 0.3 is 0 Å². The smallest absolute Gasteiger partial charge is 0.0590 e. The van der Waals surface area contributed by atoms with Crippen LogP contribution in [0.15, 0.2) is 12.3 Å². The molecule has 0 unspecified atom stereocenters. The molecule has 1 aliphatic rings. The first kappa shape index (κ1) is 10.2. The standard InChI is InChI=1S/C10H13IN2O/c11-9-8(12)1-4-13-10(9)7-2-5-14-6-3-7/h1,4,7H,2-3,5-6H2,(H2,12,13). The fraction of sp³-hybridized carbons (Fsp3) is 0.500. The first-order valence-corrected chi connectivity index (χ1v) is 5.84. The molecule has 76 valence electrons. The lowest BCUT2D eigenvalue weighted by molar-refractivity contribution is 0.0843. The fourth-order valence-corrected chi connectivity index (χ4v) is 2.49. The van der Waals surface area contributed by atoms with Crippen molar-refractivity contribution in [2.45, 2.75) is 18.8 Å². The Hall–Kier alpha value is -0.360. The van der Waals surface area contributed by atoms with Gasteiger partial charge in [0.25, 0.3) is 0 Å². The van der Waals surface area contributed by atoms with E-state index in [9.17, 15) is 0 Å². The van der Waals surface area contributed by atoms with Crippen LogP contribution in [-0.4, -0.2) is 18.2 Å². The maximum absolute atomic E-state index is 5.85. The van der Waals surface area contributed by atoms with Crippen molar-refractivity contribution >= 4 is 28.3 Å². The lowest BCUT2D eigenvalue weighted by Crippen LogP contribution is -2.16. The van der Waals surface area contributed by atoms with Crippen molar-refractivity contribution in [3.05, 3.63) is 21.5 Å². The number of hydrogen-bond donors (Lipinski definition) is 1. The molecule has 14 heavy (non-hydrogen) atoms. The summed E-state index contributed by atoms with van der Waals surface area (Å²) in [4.78, 5) is 4.42. The van der Waals surface area contributed by atoms with Gasteiger partial charge in [-0.2, -0.15) is 0 Å². The van der Waals surface area contributed by atoms with Crippen LogP contribution in [0.3, 0.4) is 0 Å². The molecule has 0 amide bonds. The monoisotopic (exact) mass is 304 g/mol. The number of anilines is 1. The molecular formula is C10H13IN2O. The van der Waals surface area contributed by atoms with Crippen molar-refractivity contribution < 1.29 is 4.74 Å². The molecule has 1 aliphatic heterocycles. The van der Waals surface area contributed by atoms with E-state index in [2.05, 4.69) is 27.6 Å². The second-order valence-electron chi connectivity index (χ2n) is 3.49. The van der Waals surface area contributed by atoms with Crippen molar-refractivity contribution in [2.75, 3.05) is 18.9 Å². The van der Waals surface area contributed by atoms with E-state index < -0.39 is 0 Å². The first-order chi connectivity index (χ1) is 6.79. The summed E-state index contributed by atoms with van der Waals surface area (Å²) in [5.74, 6) is 0.527. The van der Waals surface area contributed by atoms with Gasteiger partial charge in [0.05, 0.1) is 9.26 Å². The molecule has 0 aliphatic carbocycles. The first-order valence-electron chi connectivity index (χ1n) is 4.76. The highest BCUT2D eigenvalue weighted by Crippen LogP contribution is 2.30. The Morgan fingerprint density at radius 3 is 2.86 bits per heavy atom. The van der Waals surface area contributed by atoms with Crippen LogP contribution in [0.25, 0.3) is 0 Å². The Balaban J connectivity index is 2.26. The molecule has 2 N–H and O–H groups in total. The van der Waals surface area contributed by atoms with Crippen LogP contribution in [-0.2, 0) is 4.74 Å². The molecule has 0 radical (unpaired) electrons. The number of nitrogens with two attached hydrogens (primary N) is 1. The van der Waals surface area contributed by atoms with Gasteiger partial charge in [-0.1, -0.05) is 0 Å². The van der Waals surface area contributed by atoms with E-state index in [4.69, 9.17) is 10.5 Å². The molecule has 4 heteroatoms. The SMILES string of the molecule is Nc1ccnc(C2CCOCC2)c1I. The van der Waals surface area contributed by atoms with Gasteiger partial charge in [-0.25, -0.2) is 0 Å². The van der Waals surface area contributed by atoms with E-state index in [1.807, 2.05) is 6.07 Å². The lowest BCUT2D eigenvalue weighted by Gasteiger charge is -2.22. The van der Waals surface area contributed by atoms with Gasteiger partial charge in [0.1, 0.15) is 0 Å². The summed E-state index contributed by atoms with van der Waals surface area (Å²) in [6.07, 6.45) is 3.92. The molecule has 1 saturated heterocycles. The van der Waals surface area contributed by atoms with Crippen molar-refractivity contribution in [1.29, 1.82) is 0 Å². The zero-order valence-corrected chi connectivity index (χ0v) is 10.0. The third kappa shape index (κ3) is 2.00. The quantitative estimate of drug-likeness (QED) is 0.809. The average molecular weight is 304 g/mol. The van der Waals surface area contributed by atoms with Crippen molar-refractivity contribution in [3.8, 4) is 0 Å². The van der Waals surface area contributed by atoms with Gasteiger partial charge in [-0.3, -0.25) is 4.98 Å². The van der Waals surface area contributed by atoms with Crippen LogP contribution in [0.2, 0.25) is 0 Å². The second-order valence-corrected chi connectivity index (χ2v) is 4.56. The number of aromatic nitrogens is 1. The Morgan fingerprint density at radius 1 is 1.43 bits per heavy atom. The van der Waals surface area contributed by atoms with Crippen molar-refractivity contribution in [3.63, 3.8) is 0 Å². The highest BCUT2D eigenvalue weighted by atomic mass is 127. The van der Waals surface area contributed by atoms with E-state index in [0.717, 1.165) is 41.0 Å². The number of ether oxygens (including phenoxy) is 1. The van der Waals surface area contributed by atoms with E-state index in [-0.39, 0.29) is 0 Å². The number of hydrogen-bond acceptors (Lipinski definition) is 3. The minimum Gasteiger partial charge on any atom is -0.398 e. The average Bonchev–Trinajstić information content (AvgIpc) is 2.23. The normalized spacial score (nSPS) is 18.4. The predicted octanol–water partition coefficient (Wildman–Crippen LogP) is 2.16. The van der Waals surface area contributed by atoms with Gasteiger partial charge < -0.3 is 10.5 Å². The molecule has 0 saturated carbocycles. The topological polar surface area (TPSA) is 48.1 Å². The third-order valence-corrected chi connectivity index (χ3v) is 3.73. The van der Waals surface area contributed by atoms with E-state index in [0.29, 0.717) is 5.92 Å². The number of pyridine rings is 1. The predicted molar refractivity (Wildman–Crippen MR) is 64.2 cm³/mol. The zero-order valence-electron chi connectivity index (χ0n) is 7.87. The number of nitrogen functional groups attached to an aromatic ring is 1. The van der Waals surface area contributed by atoms with Gasteiger partial charge in [0.15, 0.2) is 0 Å². The fourth-order valence-electron chi connectivity index (χ4n) is 1.73. The maximum atomic E-state index is 5.85. The van der Waals surface area contributed by atoms with Crippen LogP contribution >= 0.6 is 22.6 Å². The number of halogens is 1.